The molecule has 0 spiro atoms. The fourth-order valence-electron chi connectivity index (χ4n) is 2.29. The molecule has 0 saturated carbocycles. The fourth-order valence-corrected chi connectivity index (χ4v) is 2.29. The van der Waals surface area contributed by atoms with Gasteiger partial charge in [-0.2, -0.15) is 5.10 Å². The van der Waals surface area contributed by atoms with Crippen LogP contribution >= 0.6 is 0 Å². The molecule has 3 aromatic rings. The van der Waals surface area contributed by atoms with Crippen molar-refractivity contribution in [2.75, 3.05) is 0 Å². The van der Waals surface area contributed by atoms with Crippen molar-refractivity contribution < 1.29 is 8.78 Å². The Kier molecular flexibility index (Phi) is 3.50. The zero-order chi connectivity index (χ0) is 14.8. The molecule has 5 heteroatoms. The summed E-state index contributed by atoms with van der Waals surface area (Å²) in [5.41, 5.74) is 7.20. The molecule has 0 aliphatic heterocycles. The van der Waals surface area contributed by atoms with Crippen LogP contribution in [0.15, 0.2) is 60.8 Å². The van der Waals surface area contributed by atoms with E-state index in [1.165, 1.54) is 18.2 Å². The van der Waals surface area contributed by atoms with E-state index >= 15 is 0 Å². The van der Waals surface area contributed by atoms with Crippen LogP contribution in [-0.2, 0) is 0 Å². The molecular weight excluding hydrogens is 272 g/mol. The molecule has 1 unspecified atom stereocenters. The van der Waals surface area contributed by atoms with Crippen molar-refractivity contribution in [2.45, 2.75) is 6.04 Å². The Balaban J connectivity index is 2.08. The van der Waals surface area contributed by atoms with Crippen LogP contribution in [0.5, 0.6) is 0 Å². The maximum atomic E-state index is 13.9. The smallest absolute Gasteiger partial charge is 0.131 e. The molecule has 3 rings (SSSR count). The minimum atomic E-state index is -0.936. The molecule has 0 aliphatic rings. The highest BCUT2D eigenvalue weighted by Crippen LogP contribution is 2.26. The average molecular weight is 285 g/mol. The molecule has 1 aromatic heterocycles. The fraction of sp³-hybridized carbons (Fsp3) is 0.0625. The maximum absolute atomic E-state index is 13.9. The third-order valence-electron chi connectivity index (χ3n) is 3.30. The highest BCUT2D eigenvalue weighted by molar-refractivity contribution is 5.37. The minimum Gasteiger partial charge on any atom is -0.319 e. The number of hydrogen-bond acceptors (Lipinski definition) is 2. The highest BCUT2D eigenvalue weighted by atomic mass is 19.1. The molecule has 1 atom stereocenters. The Morgan fingerprint density at radius 2 is 1.57 bits per heavy atom. The number of nitrogens with two attached hydrogens (primary N) is 1. The van der Waals surface area contributed by atoms with Gasteiger partial charge in [-0.25, -0.2) is 13.5 Å². The molecule has 21 heavy (non-hydrogen) atoms. The maximum Gasteiger partial charge on any atom is 0.131 e. The number of benzene rings is 2. The predicted octanol–water partition coefficient (Wildman–Crippen LogP) is 3.20. The lowest BCUT2D eigenvalue weighted by Crippen LogP contribution is -2.19. The molecule has 0 bridgehead atoms. The molecule has 0 amide bonds. The first-order chi connectivity index (χ1) is 10.2. The third kappa shape index (κ3) is 2.43. The Bertz CT molecular complexity index is 733. The number of para-hydroxylation sites is 1. The number of aromatic nitrogens is 2. The summed E-state index contributed by atoms with van der Waals surface area (Å²) in [7, 11) is 0. The molecule has 2 aromatic carbocycles. The van der Waals surface area contributed by atoms with Crippen molar-refractivity contribution in [3.8, 4) is 5.69 Å². The monoisotopic (exact) mass is 285 g/mol. The standard InChI is InChI=1S/C16H13F2N3/c17-12-7-4-8-13(18)15(12)16(19)14-9-10-20-21(14)11-5-2-1-3-6-11/h1-10,16H,19H2. The normalized spacial score (nSPS) is 12.3. The van der Waals surface area contributed by atoms with Crippen molar-refractivity contribution >= 4 is 0 Å². The second-order valence-corrected chi connectivity index (χ2v) is 4.62. The summed E-state index contributed by atoms with van der Waals surface area (Å²) in [5.74, 6) is -1.33. The summed E-state index contributed by atoms with van der Waals surface area (Å²) in [5, 5.41) is 4.18. The largest absolute Gasteiger partial charge is 0.319 e. The van der Waals surface area contributed by atoms with Gasteiger partial charge < -0.3 is 5.73 Å². The molecule has 0 saturated heterocycles. The second-order valence-electron chi connectivity index (χ2n) is 4.62. The van der Waals surface area contributed by atoms with Crippen LogP contribution in [0, 0.1) is 11.6 Å². The lowest BCUT2D eigenvalue weighted by molar-refractivity contribution is 0.537. The highest BCUT2D eigenvalue weighted by Gasteiger charge is 2.21. The van der Waals surface area contributed by atoms with Crippen LogP contribution in [0.2, 0.25) is 0 Å². The van der Waals surface area contributed by atoms with Crippen LogP contribution in [0.3, 0.4) is 0 Å². The van der Waals surface area contributed by atoms with Gasteiger partial charge in [-0.05, 0) is 30.3 Å². The van der Waals surface area contributed by atoms with Crippen molar-refractivity contribution in [1.82, 2.24) is 9.78 Å². The summed E-state index contributed by atoms with van der Waals surface area (Å²) in [6, 6.07) is 13.7. The SMILES string of the molecule is NC(c1c(F)cccc1F)c1ccnn1-c1ccccc1. The third-order valence-corrected chi connectivity index (χ3v) is 3.30. The van der Waals surface area contributed by atoms with Crippen LogP contribution < -0.4 is 5.73 Å². The van der Waals surface area contributed by atoms with Gasteiger partial charge in [0.25, 0.3) is 0 Å². The summed E-state index contributed by atoms with van der Waals surface area (Å²) < 4.78 is 29.3. The first-order valence-electron chi connectivity index (χ1n) is 6.47. The van der Waals surface area contributed by atoms with E-state index in [1.54, 1.807) is 16.9 Å². The quantitative estimate of drug-likeness (QED) is 0.803. The van der Waals surface area contributed by atoms with E-state index in [2.05, 4.69) is 5.10 Å². The molecule has 1 heterocycles. The Morgan fingerprint density at radius 3 is 2.24 bits per heavy atom. The Labute approximate surface area is 120 Å². The van der Waals surface area contributed by atoms with Crippen LogP contribution in [0.25, 0.3) is 5.69 Å². The van der Waals surface area contributed by atoms with Gasteiger partial charge in [-0.1, -0.05) is 24.3 Å². The van der Waals surface area contributed by atoms with Gasteiger partial charge in [0.2, 0.25) is 0 Å². The molecule has 0 fully saturated rings. The predicted molar refractivity (Wildman–Crippen MR) is 76.0 cm³/mol. The van der Waals surface area contributed by atoms with Gasteiger partial charge >= 0.3 is 0 Å². The van der Waals surface area contributed by atoms with Crippen molar-refractivity contribution in [3.05, 3.63) is 83.7 Å². The van der Waals surface area contributed by atoms with Gasteiger partial charge in [0, 0.05) is 11.8 Å². The lowest BCUT2D eigenvalue weighted by Gasteiger charge is -2.16. The van der Waals surface area contributed by atoms with Crippen molar-refractivity contribution in [3.63, 3.8) is 0 Å². The number of nitrogens with zero attached hydrogens (tertiary/aromatic N) is 2. The zero-order valence-electron chi connectivity index (χ0n) is 11.1. The van der Waals surface area contributed by atoms with E-state index < -0.39 is 17.7 Å². The molecule has 0 radical (unpaired) electrons. The number of halogens is 2. The molecule has 3 nitrogen and oxygen atoms in total. The molecule has 0 aliphatic carbocycles. The summed E-state index contributed by atoms with van der Waals surface area (Å²) in [6.07, 6.45) is 1.56. The van der Waals surface area contributed by atoms with Gasteiger partial charge in [0.05, 0.1) is 17.4 Å². The van der Waals surface area contributed by atoms with Crippen LogP contribution in [-0.4, -0.2) is 9.78 Å². The van der Waals surface area contributed by atoms with Gasteiger partial charge in [-0.15, -0.1) is 0 Å². The van der Waals surface area contributed by atoms with E-state index in [0.717, 1.165) is 5.69 Å². The van der Waals surface area contributed by atoms with Crippen molar-refractivity contribution in [1.29, 1.82) is 0 Å². The summed E-state index contributed by atoms with van der Waals surface area (Å²) >= 11 is 0. The van der Waals surface area contributed by atoms with Gasteiger partial charge in [0.1, 0.15) is 11.6 Å². The summed E-state index contributed by atoms with van der Waals surface area (Å²) in [6.45, 7) is 0. The van der Waals surface area contributed by atoms with Crippen LogP contribution in [0.1, 0.15) is 17.3 Å². The topological polar surface area (TPSA) is 43.8 Å². The van der Waals surface area contributed by atoms with E-state index in [1.807, 2.05) is 30.3 Å². The first kappa shape index (κ1) is 13.5. The second kappa shape index (κ2) is 5.46. The van der Waals surface area contributed by atoms with E-state index in [4.69, 9.17) is 5.73 Å². The average Bonchev–Trinajstić information content (AvgIpc) is 2.97. The first-order valence-corrected chi connectivity index (χ1v) is 6.47. The number of rotatable bonds is 3. The van der Waals surface area contributed by atoms with Gasteiger partial charge in [-0.3, -0.25) is 0 Å². The van der Waals surface area contributed by atoms with Crippen molar-refractivity contribution in [2.24, 2.45) is 5.73 Å². The lowest BCUT2D eigenvalue weighted by atomic mass is 10.0. The van der Waals surface area contributed by atoms with Gasteiger partial charge in [0.15, 0.2) is 0 Å². The molecular formula is C16H13F2N3. The Hall–Kier alpha value is -2.53. The molecule has 106 valence electrons. The van der Waals surface area contributed by atoms with E-state index in [9.17, 15) is 8.78 Å². The van der Waals surface area contributed by atoms with E-state index in [-0.39, 0.29) is 5.56 Å². The van der Waals surface area contributed by atoms with Crippen LogP contribution in [0.4, 0.5) is 8.78 Å². The van der Waals surface area contributed by atoms with E-state index in [0.29, 0.717) is 5.69 Å². The molecule has 2 N–H and O–H groups in total. The minimum absolute atomic E-state index is 0.157. The zero-order valence-corrected chi connectivity index (χ0v) is 11.1. The Morgan fingerprint density at radius 1 is 0.905 bits per heavy atom. The summed E-state index contributed by atoms with van der Waals surface area (Å²) in [4.78, 5) is 0. The number of hydrogen-bond donors (Lipinski definition) is 1.